The Morgan fingerprint density at radius 1 is 1.41 bits per heavy atom. The number of hydrogen-bond donors (Lipinski definition) is 0. The van der Waals surface area contributed by atoms with Crippen molar-refractivity contribution in [1.82, 2.24) is 4.90 Å². The Hall–Kier alpha value is -0.590. The van der Waals surface area contributed by atoms with Crippen LogP contribution in [0.15, 0.2) is 23.1 Å². The Labute approximate surface area is 148 Å². The average Bonchev–Trinajstić information content (AvgIpc) is 3.07. The molecule has 0 saturated carbocycles. The van der Waals surface area contributed by atoms with E-state index in [2.05, 4.69) is 0 Å². The Morgan fingerprint density at radius 2 is 2.14 bits per heavy atom. The molecule has 0 bridgehead atoms. The summed E-state index contributed by atoms with van der Waals surface area (Å²) in [7, 11) is 0. The van der Waals surface area contributed by atoms with Gasteiger partial charge in [0, 0.05) is 22.2 Å². The van der Waals surface area contributed by atoms with E-state index in [4.69, 9.17) is 40.2 Å². The highest BCUT2D eigenvalue weighted by molar-refractivity contribution is 8.26. The molecule has 2 aliphatic heterocycles. The van der Waals surface area contributed by atoms with E-state index in [1.807, 2.05) is 0 Å². The molecule has 0 aliphatic carbocycles. The van der Waals surface area contributed by atoms with Gasteiger partial charge in [-0.2, -0.15) is 0 Å². The molecule has 2 heterocycles. The summed E-state index contributed by atoms with van der Waals surface area (Å²) in [6, 6.07) is 5.25. The predicted molar refractivity (Wildman–Crippen MR) is 95.3 cm³/mol. The summed E-state index contributed by atoms with van der Waals surface area (Å²) < 4.78 is 6.13. The van der Waals surface area contributed by atoms with Gasteiger partial charge in [0.1, 0.15) is 4.32 Å². The lowest BCUT2D eigenvalue weighted by Gasteiger charge is -2.18. The Bertz CT molecular complexity index is 637. The zero-order chi connectivity index (χ0) is 15.7. The first-order valence-corrected chi connectivity index (χ1v) is 8.85. The minimum absolute atomic E-state index is 0.0748. The number of hydrogen-bond acceptors (Lipinski definition) is 4. The summed E-state index contributed by atoms with van der Waals surface area (Å²) in [5.74, 6) is -0.110. The second-order valence-corrected chi connectivity index (χ2v) is 7.55. The highest BCUT2D eigenvalue weighted by Gasteiger charge is 2.34. The van der Waals surface area contributed by atoms with Crippen LogP contribution in [0.2, 0.25) is 10.0 Å². The average molecular weight is 374 g/mol. The molecule has 0 N–H and O–H groups in total. The van der Waals surface area contributed by atoms with Crippen molar-refractivity contribution in [3.8, 4) is 0 Å². The third kappa shape index (κ3) is 3.34. The van der Waals surface area contributed by atoms with E-state index >= 15 is 0 Å². The van der Waals surface area contributed by atoms with Crippen LogP contribution < -0.4 is 0 Å². The Kier molecular flexibility index (Phi) is 5.10. The van der Waals surface area contributed by atoms with Crippen LogP contribution in [0.3, 0.4) is 0 Å². The first-order valence-electron chi connectivity index (χ1n) is 6.87. The van der Waals surface area contributed by atoms with Crippen molar-refractivity contribution in [2.75, 3.05) is 13.2 Å². The predicted octanol–water partition coefficient (Wildman–Crippen LogP) is 4.37. The summed E-state index contributed by atoms with van der Waals surface area (Å²) in [5, 5.41) is 1.02. The largest absolute Gasteiger partial charge is 0.376 e. The van der Waals surface area contributed by atoms with Crippen molar-refractivity contribution in [2.45, 2.75) is 18.9 Å². The molecule has 0 unspecified atom stereocenters. The maximum absolute atomic E-state index is 12.5. The van der Waals surface area contributed by atoms with Crippen molar-refractivity contribution < 1.29 is 9.53 Å². The SMILES string of the molecule is O=C1/C(=C\c2c(Cl)cccc2Cl)SC(=S)N1C[C@H]1CCCO1. The van der Waals surface area contributed by atoms with Crippen LogP contribution in [0.25, 0.3) is 6.08 Å². The van der Waals surface area contributed by atoms with Crippen LogP contribution in [0.4, 0.5) is 0 Å². The molecule has 1 aromatic carbocycles. The van der Waals surface area contributed by atoms with Crippen molar-refractivity contribution in [3.63, 3.8) is 0 Å². The minimum atomic E-state index is -0.110. The standard InChI is InChI=1S/C15H13Cl2NO2S2/c16-11-4-1-5-12(17)10(11)7-13-14(19)18(15(21)22-13)8-9-3-2-6-20-9/h1,4-5,7,9H,2-3,6,8H2/b13-7+/t9-/m1/s1. The highest BCUT2D eigenvalue weighted by atomic mass is 35.5. The number of halogens is 2. The topological polar surface area (TPSA) is 29.5 Å². The normalized spacial score (nSPS) is 23.8. The van der Waals surface area contributed by atoms with Crippen molar-refractivity contribution in [3.05, 3.63) is 38.7 Å². The summed E-state index contributed by atoms with van der Waals surface area (Å²) in [6.45, 7) is 1.27. The molecule has 1 amide bonds. The molecule has 7 heteroatoms. The van der Waals surface area contributed by atoms with E-state index in [1.54, 1.807) is 29.2 Å². The quantitative estimate of drug-likeness (QED) is 0.580. The first-order chi connectivity index (χ1) is 10.6. The molecule has 0 aromatic heterocycles. The van der Waals surface area contributed by atoms with Gasteiger partial charge in [-0.05, 0) is 31.1 Å². The van der Waals surface area contributed by atoms with Gasteiger partial charge in [-0.1, -0.05) is 53.2 Å². The molecule has 2 fully saturated rings. The van der Waals surface area contributed by atoms with E-state index in [1.165, 1.54) is 11.8 Å². The molecule has 1 atom stereocenters. The second-order valence-electron chi connectivity index (χ2n) is 5.06. The first kappa shape index (κ1) is 16.3. The van der Waals surface area contributed by atoms with Gasteiger partial charge in [0.05, 0.1) is 17.6 Å². The molecule has 22 heavy (non-hydrogen) atoms. The number of thioether (sulfide) groups is 1. The molecule has 116 valence electrons. The van der Waals surface area contributed by atoms with Gasteiger partial charge in [-0.15, -0.1) is 0 Å². The number of nitrogens with zero attached hydrogens (tertiary/aromatic N) is 1. The zero-order valence-electron chi connectivity index (χ0n) is 11.6. The van der Waals surface area contributed by atoms with Gasteiger partial charge in [-0.3, -0.25) is 9.69 Å². The molecular formula is C15H13Cl2NO2S2. The summed E-state index contributed by atoms with van der Waals surface area (Å²) in [5.41, 5.74) is 0.642. The fraction of sp³-hybridized carbons (Fsp3) is 0.333. The van der Waals surface area contributed by atoms with Crippen LogP contribution in [0.1, 0.15) is 18.4 Å². The van der Waals surface area contributed by atoms with Gasteiger partial charge in [-0.25, -0.2) is 0 Å². The zero-order valence-corrected chi connectivity index (χ0v) is 14.7. The minimum Gasteiger partial charge on any atom is -0.376 e. The highest BCUT2D eigenvalue weighted by Crippen LogP contribution is 2.36. The van der Waals surface area contributed by atoms with Crippen molar-refractivity contribution in [2.24, 2.45) is 0 Å². The fourth-order valence-electron chi connectivity index (χ4n) is 2.43. The Balaban J connectivity index is 1.82. The van der Waals surface area contributed by atoms with E-state index in [0.29, 0.717) is 31.4 Å². The van der Waals surface area contributed by atoms with Crippen LogP contribution in [-0.2, 0) is 9.53 Å². The van der Waals surface area contributed by atoms with Gasteiger partial charge >= 0.3 is 0 Å². The molecule has 0 spiro atoms. The van der Waals surface area contributed by atoms with Gasteiger partial charge < -0.3 is 4.74 Å². The lowest BCUT2D eigenvalue weighted by Crippen LogP contribution is -2.35. The van der Waals surface area contributed by atoms with Crippen molar-refractivity contribution in [1.29, 1.82) is 0 Å². The third-order valence-electron chi connectivity index (χ3n) is 3.56. The monoisotopic (exact) mass is 373 g/mol. The lowest BCUT2D eigenvalue weighted by atomic mass is 10.2. The van der Waals surface area contributed by atoms with E-state index < -0.39 is 0 Å². The van der Waals surface area contributed by atoms with Crippen molar-refractivity contribution >= 4 is 63.5 Å². The van der Waals surface area contributed by atoms with Crippen LogP contribution in [0.5, 0.6) is 0 Å². The van der Waals surface area contributed by atoms with E-state index in [9.17, 15) is 4.79 Å². The number of carbonyl (C=O) groups is 1. The molecule has 0 radical (unpaired) electrons. The number of ether oxygens (including phenoxy) is 1. The fourth-order valence-corrected chi connectivity index (χ4v) is 4.19. The lowest BCUT2D eigenvalue weighted by molar-refractivity contribution is -0.123. The van der Waals surface area contributed by atoms with Crippen LogP contribution in [0, 0.1) is 0 Å². The summed E-state index contributed by atoms with van der Waals surface area (Å²) >= 11 is 18.9. The maximum atomic E-state index is 12.5. The van der Waals surface area contributed by atoms with Crippen LogP contribution >= 0.6 is 47.2 Å². The third-order valence-corrected chi connectivity index (χ3v) is 5.60. The summed E-state index contributed by atoms with van der Waals surface area (Å²) in [6.07, 6.45) is 3.78. The number of rotatable bonds is 3. The molecule has 3 nitrogen and oxygen atoms in total. The van der Waals surface area contributed by atoms with Gasteiger partial charge in [0.2, 0.25) is 0 Å². The number of carbonyl (C=O) groups excluding carboxylic acids is 1. The van der Waals surface area contributed by atoms with E-state index in [0.717, 1.165) is 19.4 Å². The molecular weight excluding hydrogens is 361 g/mol. The number of benzene rings is 1. The van der Waals surface area contributed by atoms with Gasteiger partial charge in [0.25, 0.3) is 5.91 Å². The van der Waals surface area contributed by atoms with E-state index in [-0.39, 0.29) is 12.0 Å². The molecule has 1 aromatic rings. The number of thiocarbonyl (C=S) groups is 1. The maximum Gasteiger partial charge on any atom is 0.266 e. The smallest absolute Gasteiger partial charge is 0.266 e. The molecule has 3 rings (SSSR count). The second kappa shape index (κ2) is 6.89. The Morgan fingerprint density at radius 3 is 2.77 bits per heavy atom. The molecule has 2 aliphatic rings. The number of amides is 1. The summed E-state index contributed by atoms with van der Waals surface area (Å²) in [4.78, 5) is 14.7. The molecule has 2 saturated heterocycles. The van der Waals surface area contributed by atoms with Crippen LogP contribution in [-0.4, -0.2) is 34.4 Å². The van der Waals surface area contributed by atoms with Gasteiger partial charge in [0.15, 0.2) is 0 Å².